The number of aliphatic hydroxyl groups excluding tert-OH is 1. The van der Waals surface area contributed by atoms with Gasteiger partial charge in [-0.25, -0.2) is 4.98 Å². The van der Waals surface area contributed by atoms with Gasteiger partial charge in [-0.2, -0.15) is 0 Å². The maximum atomic E-state index is 10.8. The zero-order chi connectivity index (χ0) is 12.3. The molecule has 5 nitrogen and oxygen atoms in total. The molecule has 0 aliphatic heterocycles. The molecule has 0 bridgehead atoms. The van der Waals surface area contributed by atoms with Crippen molar-refractivity contribution in [2.45, 2.75) is 11.7 Å². The lowest BCUT2D eigenvalue weighted by atomic mass is 10.3. The van der Waals surface area contributed by atoms with E-state index in [9.17, 15) is 4.79 Å². The Kier molecular flexibility index (Phi) is 3.65. The Hall–Kier alpha value is -1.53. The van der Waals surface area contributed by atoms with Gasteiger partial charge in [0, 0.05) is 6.54 Å². The summed E-state index contributed by atoms with van der Waals surface area (Å²) in [6, 6.07) is 7.66. The van der Waals surface area contributed by atoms with Gasteiger partial charge >= 0.3 is 0 Å². The summed E-state index contributed by atoms with van der Waals surface area (Å²) >= 11 is 1.29. The van der Waals surface area contributed by atoms with Gasteiger partial charge in [-0.3, -0.25) is 4.79 Å². The highest BCUT2D eigenvalue weighted by Gasteiger charge is 2.11. The van der Waals surface area contributed by atoms with Crippen LogP contribution in [0.3, 0.4) is 0 Å². The summed E-state index contributed by atoms with van der Waals surface area (Å²) in [7, 11) is 0. The normalized spacial score (nSPS) is 10.9. The molecule has 1 aromatic heterocycles. The monoisotopic (exact) mass is 251 g/mol. The van der Waals surface area contributed by atoms with Crippen LogP contribution in [0.1, 0.15) is 0 Å². The Morgan fingerprint density at radius 2 is 2.24 bits per heavy atom. The van der Waals surface area contributed by atoms with Crippen molar-refractivity contribution in [3.63, 3.8) is 0 Å². The third-order valence-electron chi connectivity index (χ3n) is 2.29. The van der Waals surface area contributed by atoms with E-state index in [1.54, 1.807) is 0 Å². The molecule has 0 radical (unpaired) electrons. The molecule has 90 valence electrons. The summed E-state index contributed by atoms with van der Waals surface area (Å²) in [4.78, 5) is 15.2. The number of thioether (sulfide) groups is 1. The molecule has 0 saturated heterocycles. The lowest BCUT2D eigenvalue weighted by molar-refractivity contribution is -0.115. The van der Waals surface area contributed by atoms with Crippen LogP contribution < -0.4 is 5.73 Å². The molecule has 2 aromatic rings. The van der Waals surface area contributed by atoms with E-state index in [-0.39, 0.29) is 18.3 Å². The Labute approximate surface area is 103 Å². The number of amides is 1. The quantitative estimate of drug-likeness (QED) is 0.763. The number of carbonyl (C=O) groups is 1. The van der Waals surface area contributed by atoms with Gasteiger partial charge in [-0.05, 0) is 12.1 Å². The molecule has 0 unspecified atom stereocenters. The van der Waals surface area contributed by atoms with Gasteiger partial charge in [-0.1, -0.05) is 23.9 Å². The number of rotatable bonds is 5. The molecule has 0 atom stereocenters. The molecular weight excluding hydrogens is 238 g/mol. The first-order valence-electron chi connectivity index (χ1n) is 5.19. The van der Waals surface area contributed by atoms with E-state index in [4.69, 9.17) is 10.8 Å². The Bertz CT molecular complexity index is 538. The third kappa shape index (κ3) is 2.59. The van der Waals surface area contributed by atoms with Crippen LogP contribution in [0.25, 0.3) is 11.0 Å². The zero-order valence-electron chi connectivity index (χ0n) is 9.17. The summed E-state index contributed by atoms with van der Waals surface area (Å²) in [5.74, 6) is -0.188. The van der Waals surface area contributed by atoms with Gasteiger partial charge in [0.05, 0.1) is 23.4 Å². The molecule has 17 heavy (non-hydrogen) atoms. The van der Waals surface area contributed by atoms with Gasteiger partial charge in [0.25, 0.3) is 0 Å². The van der Waals surface area contributed by atoms with Crippen LogP contribution >= 0.6 is 11.8 Å². The Balaban J connectivity index is 2.38. The van der Waals surface area contributed by atoms with E-state index in [0.717, 1.165) is 11.0 Å². The van der Waals surface area contributed by atoms with E-state index in [2.05, 4.69) is 4.98 Å². The minimum atomic E-state index is -0.377. The second-order valence-electron chi connectivity index (χ2n) is 3.51. The Morgan fingerprint density at radius 3 is 2.94 bits per heavy atom. The number of carbonyl (C=O) groups excluding carboxylic acids is 1. The molecule has 0 fully saturated rings. The van der Waals surface area contributed by atoms with Crippen LogP contribution in [0.4, 0.5) is 0 Å². The fourth-order valence-electron chi connectivity index (χ4n) is 1.62. The number of hydrogen-bond donors (Lipinski definition) is 2. The number of nitrogens with zero attached hydrogens (tertiary/aromatic N) is 2. The first kappa shape index (κ1) is 11.9. The highest BCUT2D eigenvalue weighted by molar-refractivity contribution is 7.99. The van der Waals surface area contributed by atoms with Crippen LogP contribution in [0.5, 0.6) is 0 Å². The largest absolute Gasteiger partial charge is 0.395 e. The number of benzene rings is 1. The smallest absolute Gasteiger partial charge is 0.227 e. The van der Waals surface area contributed by atoms with E-state index in [0.29, 0.717) is 11.7 Å². The van der Waals surface area contributed by atoms with Gasteiger partial charge in [-0.15, -0.1) is 0 Å². The average molecular weight is 251 g/mol. The summed E-state index contributed by atoms with van der Waals surface area (Å²) in [6.07, 6.45) is 0. The van der Waals surface area contributed by atoms with E-state index in [1.165, 1.54) is 11.8 Å². The van der Waals surface area contributed by atoms with Crippen LogP contribution in [0, 0.1) is 0 Å². The number of nitrogens with two attached hydrogens (primary N) is 1. The fourth-order valence-corrected chi connectivity index (χ4v) is 2.40. The molecule has 0 spiro atoms. The number of hydrogen-bond acceptors (Lipinski definition) is 4. The van der Waals surface area contributed by atoms with E-state index >= 15 is 0 Å². The number of aliphatic hydroxyl groups is 1. The molecule has 2 rings (SSSR count). The highest BCUT2D eigenvalue weighted by Crippen LogP contribution is 2.23. The zero-order valence-corrected chi connectivity index (χ0v) is 9.98. The maximum absolute atomic E-state index is 10.8. The molecule has 1 aromatic carbocycles. The van der Waals surface area contributed by atoms with Crippen molar-refractivity contribution >= 4 is 28.7 Å². The van der Waals surface area contributed by atoms with Crippen molar-refractivity contribution in [1.29, 1.82) is 0 Å². The van der Waals surface area contributed by atoms with Crippen molar-refractivity contribution < 1.29 is 9.90 Å². The van der Waals surface area contributed by atoms with Crippen molar-refractivity contribution in [2.24, 2.45) is 5.73 Å². The van der Waals surface area contributed by atoms with E-state index < -0.39 is 0 Å². The topological polar surface area (TPSA) is 81.1 Å². The number of imidazole rings is 1. The SMILES string of the molecule is NC(=O)CSc1nc2ccccc2n1CCO. The number of para-hydroxylation sites is 2. The first-order chi connectivity index (χ1) is 8.22. The summed E-state index contributed by atoms with van der Waals surface area (Å²) in [5, 5.41) is 9.76. The lowest BCUT2D eigenvalue weighted by Crippen LogP contribution is -2.14. The Morgan fingerprint density at radius 1 is 1.47 bits per heavy atom. The van der Waals surface area contributed by atoms with Crippen molar-refractivity contribution in [2.75, 3.05) is 12.4 Å². The van der Waals surface area contributed by atoms with Crippen molar-refractivity contribution in [3.8, 4) is 0 Å². The molecule has 6 heteroatoms. The number of primary amides is 1. The second kappa shape index (κ2) is 5.20. The van der Waals surface area contributed by atoms with Crippen molar-refractivity contribution in [3.05, 3.63) is 24.3 Å². The first-order valence-corrected chi connectivity index (χ1v) is 6.18. The van der Waals surface area contributed by atoms with Crippen molar-refractivity contribution in [1.82, 2.24) is 9.55 Å². The fraction of sp³-hybridized carbons (Fsp3) is 0.273. The van der Waals surface area contributed by atoms with Gasteiger partial charge < -0.3 is 15.4 Å². The maximum Gasteiger partial charge on any atom is 0.227 e. The average Bonchev–Trinajstić information content (AvgIpc) is 2.66. The highest BCUT2D eigenvalue weighted by atomic mass is 32.2. The van der Waals surface area contributed by atoms with Gasteiger partial charge in [0.2, 0.25) is 5.91 Å². The minimum Gasteiger partial charge on any atom is -0.395 e. The molecular formula is C11H13N3O2S. The van der Waals surface area contributed by atoms with Gasteiger partial charge in [0.15, 0.2) is 5.16 Å². The van der Waals surface area contributed by atoms with Crippen LogP contribution in [-0.4, -0.2) is 32.9 Å². The van der Waals surface area contributed by atoms with Crippen LogP contribution in [-0.2, 0) is 11.3 Å². The minimum absolute atomic E-state index is 0.0322. The number of aromatic nitrogens is 2. The predicted octanol–water partition coefficient (Wildman–Crippen LogP) is 0.606. The van der Waals surface area contributed by atoms with Crippen LogP contribution in [0.15, 0.2) is 29.4 Å². The molecule has 1 heterocycles. The molecule has 0 saturated carbocycles. The lowest BCUT2D eigenvalue weighted by Gasteiger charge is -2.05. The molecule has 0 aliphatic carbocycles. The predicted molar refractivity (Wildman–Crippen MR) is 66.7 cm³/mol. The molecule has 0 aliphatic rings. The number of fused-ring (bicyclic) bond motifs is 1. The molecule has 3 N–H and O–H groups in total. The van der Waals surface area contributed by atoms with Gasteiger partial charge in [0.1, 0.15) is 0 Å². The summed E-state index contributed by atoms with van der Waals surface area (Å²) in [5.41, 5.74) is 6.92. The second-order valence-corrected chi connectivity index (χ2v) is 4.46. The molecule has 1 amide bonds. The van der Waals surface area contributed by atoms with E-state index in [1.807, 2.05) is 28.8 Å². The summed E-state index contributed by atoms with van der Waals surface area (Å²) < 4.78 is 1.89. The summed E-state index contributed by atoms with van der Waals surface area (Å²) in [6.45, 7) is 0.492. The standard InChI is InChI=1S/C11H13N3O2S/c12-10(16)7-17-11-13-8-3-1-2-4-9(8)14(11)5-6-15/h1-4,15H,5-7H2,(H2,12,16). The van der Waals surface area contributed by atoms with Crippen LogP contribution in [0.2, 0.25) is 0 Å². The third-order valence-corrected chi connectivity index (χ3v) is 3.29.